The minimum absolute atomic E-state index is 0.0588. The molecular formula is C26H44N2O8. The molecule has 0 saturated heterocycles. The van der Waals surface area contributed by atoms with Crippen molar-refractivity contribution in [3.8, 4) is 0 Å². The van der Waals surface area contributed by atoms with Crippen LogP contribution in [0, 0.1) is 11.3 Å². The first-order valence-electron chi connectivity index (χ1n) is 12.4. The number of carbonyl (C=O) groups is 4. The van der Waals surface area contributed by atoms with Crippen molar-refractivity contribution in [1.29, 1.82) is 0 Å². The first-order valence-corrected chi connectivity index (χ1v) is 12.4. The highest BCUT2D eigenvalue weighted by Gasteiger charge is 2.52. The van der Waals surface area contributed by atoms with Crippen molar-refractivity contribution in [2.75, 3.05) is 19.8 Å². The van der Waals surface area contributed by atoms with Crippen LogP contribution in [0.1, 0.15) is 79.6 Å². The molecular weight excluding hydrogens is 468 g/mol. The van der Waals surface area contributed by atoms with Crippen molar-refractivity contribution in [1.82, 2.24) is 0 Å². The van der Waals surface area contributed by atoms with Crippen LogP contribution in [0.2, 0.25) is 0 Å². The van der Waals surface area contributed by atoms with Crippen LogP contribution >= 0.6 is 0 Å². The van der Waals surface area contributed by atoms with Crippen molar-refractivity contribution in [3.63, 3.8) is 0 Å². The Morgan fingerprint density at radius 3 is 1.58 bits per heavy atom. The summed E-state index contributed by atoms with van der Waals surface area (Å²) in [5.74, 6) is -1.04. The fourth-order valence-electron chi connectivity index (χ4n) is 4.62. The normalized spacial score (nSPS) is 12.2. The van der Waals surface area contributed by atoms with Crippen molar-refractivity contribution in [3.05, 3.63) is 24.3 Å². The van der Waals surface area contributed by atoms with Crippen LogP contribution in [0.5, 0.6) is 0 Å². The maximum atomic E-state index is 12.2. The van der Waals surface area contributed by atoms with Gasteiger partial charge >= 0.3 is 24.1 Å². The lowest BCUT2D eigenvalue weighted by molar-refractivity contribution is -0.154. The molecule has 0 saturated carbocycles. The predicted molar refractivity (Wildman–Crippen MR) is 136 cm³/mol. The summed E-state index contributed by atoms with van der Waals surface area (Å²) < 4.78 is 21.5. The first kappa shape index (κ1) is 33.0. The molecule has 1 atom stereocenters. The molecule has 0 aliphatic heterocycles. The van der Waals surface area contributed by atoms with Crippen LogP contribution < -0.4 is 11.5 Å². The molecule has 4 N–H and O–H groups in total. The molecule has 0 aliphatic rings. The van der Waals surface area contributed by atoms with Gasteiger partial charge in [-0.2, -0.15) is 0 Å². The highest BCUT2D eigenvalue weighted by molar-refractivity contribution is 5.87. The number of esters is 2. The second kappa shape index (κ2) is 15.9. The van der Waals surface area contributed by atoms with Gasteiger partial charge in [0.05, 0.1) is 19.8 Å². The topological polar surface area (TPSA) is 157 Å². The third-order valence-electron chi connectivity index (χ3n) is 6.82. The van der Waals surface area contributed by atoms with E-state index in [1.54, 1.807) is 0 Å². The minimum atomic E-state index is -1.22. The first-order chi connectivity index (χ1) is 16.8. The second-order valence-corrected chi connectivity index (χ2v) is 9.17. The number of hydrogen-bond acceptors (Lipinski definition) is 8. The number of amides is 2. The summed E-state index contributed by atoms with van der Waals surface area (Å²) in [4.78, 5) is 47.3. The molecule has 1 unspecified atom stereocenters. The van der Waals surface area contributed by atoms with Crippen molar-refractivity contribution in [2.24, 2.45) is 22.8 Å². The van der Waals surface area contributed by atoms with Gasteiger partial charge in [-0.1, -0.05) is 40.3 Å². The molecule has 206 valence electrons. The molecule has 10 nitrogen and oxygen atoms in total. The lowest BCUT2D eigenvalue weighted by atomic mass is 9.60. The molecule has 0 aromatic carbocycles. The van der Waals surface area contributed by atoms with Crippen LogP contribution in [0.3, 0.4) is 0 Å². The van der Waals surface area contributed by atoms with Gasteiger partial charge in [-0.15, -0.1) is 0 Å². The SMILES string of the molecule is C=C(C)C(=O)OCCC(CCOC(=O)C(=C)C)(OC(N)=O)C(CC)(CC)CC(CC)CCOC(N)=O. The molecule has 0 aliphatic carbocycles. The molecule has 10 heteroatoms. The fourth-order valence-corrected chi connectivity index (χ4v) is 4.62. The second-order valence-electron chi connectivity index (χ2n) is 9.17. The van der Waals surface area contributed by atoms with Gasteiger partial charge in [0.25, 0.3) is 0 Å². The van der Waals surface area contributed by atoms with E-state index in [0.717, 1.165) is 6.42 Å². The van der Waals surface area contributed by atoms with Crippen LogP contribution in [-0.2, 0) is 28.5 Å². The lowest BCUT2D eigenvalue weighted by Crippen LogP contribution is -2.54. The molecule has 0 aromatic heterocycles. The van der Waals surface area contributed by atoms with E-state index in [2.05, 4.69) is 13.2 Å². The largest absolute Gasteiger partial charge is 0.462 e. The fraction of sp³-hybridized carbons (Fsp3) is 0.692. The van der Waals surface area contributed by atoms with Crippen LogP contribution in [0.4, 0.5) is 9.59 Å². The predicted octanol–water partition coefficient (Wildman–Crippen LogP) is 4.55. The number of hydrogen-bond donors (Lipinski definition) is 2. The summed E-state index contributed by atoms with van der Waals surface area (Å²) in [6.45, 7) is 16.3. The number of primary amides is 2. The van der Waals surface area contributed by atoms with Crippen molar-refractivity contribution in [2.45, 2.75) is 85.2 Å². The van der Waals surface area contributed by atoms with Gasteiger partial charge < -0.3 is 30.4 Å². The highest BCUT2D eigenvalue weighted by atomic mass is 16.6. The van der Waals surface area contributed by atoms with Gasteiger partial charge in [-0.05, 0) is 45.4 Å². The Morgan fingerprint density at radius 1 is 0.778 bits per heavy atom. The Morgan fingerprint density at radius 2 is 1.25 bits per heavy atom. The van der Waals surface area contributed by atoms with E-state index >= 15 is 0 Å². The van der Waals surface area contributed by atoms with E-state index in [-0.39, 0.29) is 49.7 Å². The Kier molecular flexibility index (Phi) is 14.5. The van der Waals surface area contributed by atoms with Gasteiger partial charge in [0, 0.05) is 29.4 Å². The summed E-state index contributed by atoms with van der Waals surface area (Å²) in [7, 11) is 0. The molecule has 0 rings (SSSR count). The molecule has 0 aromatic rings. The van der Waals surface area contributed by atoms with E-state index in [0.29, 0.717) is 25.7 Å². The summed E-state index contributed by atoms with van der Waals surface area (Å²) in [6, 6.07) is 0. The number of nitrogens with two attached hydrogens (primary N) is 2. The quantitative estimate of drug-likeness (QED) is 0.154. The van der Waals surface area contributed by atoms with Gasteiger partial charge in [0.2, 0.25) is 0 Å². The third-order valence-corrected chi connectivity index (χ3v) is 6.82. The van der Waals surface area contributed by atoms with E-state index in [4.69, 9.17) is 30.4 Å². The summed E-state index contributed by atoms with van der Waals surface area (Å²) in [6.07, 6.45) is 1.55. The number of rotatable bonds is 18. The van der Waals surface area contributed by atoms with Crippen molar-refractivity contribution < 1.29 is 38.1 Å². The maximum Gasteiger partial charge on any atom is 0.405 e. The van der Waals surface area contributed by atoms with Crippen LogP contribution in [0.15, 0.2) is 24.3 Å². The van der Waals surface area contributed by atoms with E-state index < -0.39 is 35.1 Å². The molecule has 36 heavy (non-hydrogen) atoms. The monoisotopic (exact) mass is 512 g/mol. The number of ether oxygens (including phenoxy) is 4. The smallest absolute Gasteiger partial charge is 0.405 e. The van der Waals surface area contributed by atoms with E-state index in [1.807, 2.05) is 20.8 Å². The molecule has 0 spiro atoms. The lowest BCUT2D eigenvalue weighted by Gasteiger charge is -2.50. The van der Waals surface area contributed by atoms with Crippen LogP contribution in [0.25, 0.3) is 0 Å². The highest BCUT2D eigenvalue weighted by Crippen LogP contribution is 2.51. The van der Waals surface area contributed by atoms with Gasteiger partial charge in [0.1, 0.15) is 5.60 Å². The minimum Gasteiger partial charge on any atom is -0.462 e. The van der Waals surface area contributed by atoms with E-state index in [9.17, 15) is 19.2 Å². The Bertz CT molecular complexity index is 757. The van der Waals surface area contributed by atoms with Gasteiger partial charge in [-0.3, -0.25) is 0 Å². The molecule has 0 radical (unpaired) electrons. The Balaban J connectivity index is 6.28. The zero-order chi connectivity index (χ0) is 27.9. The average Bonchev–Trinajstić information content (AvgIpc) is 2.80. The Labute approximate surface area is 214 Å². The molecule has 0 bridgehead atoms. The third kappa shape index (κ3) is 10.3. The summed E-state index contributed by atoms with van der Waals surface area (Å²) in [5, 5.41) is 0. The Hall–Kier alpha value is -3.04. The van der Waals surface area contributed by atoms with E-state index in [1.165, 1.54) is 13.8 Å². The van der Waals surface area contributed by atoms with Gasteiger partial charge in [-0.25, -0.2) is 19.2 Å². The van der Waals surface area contributed by atoms with Gasteiger partial charge in [0.15, 0.2) is 0 Å². The maximum absolute atomic E-state index is 12.2. The molecule has 0 fully saturated rings. The van der Waals surface area contributed by atoms with Crippen molar-refractivity contribution >= 4 is 24.1 Å². The zero-order valence-electron chi connectivity index (χ0n) is 22.5. The molecule has 2 amide bonds. The summed E-state index contributed by atoms with van der Waals surface area (Å²) in [5.41, 5.74) is 9.28. The standard InChI is InChI=1S/C26H44N2O8/c1-8-20(11-14-35-23(27)31)17-25(9-2,10-3)26(36-24(28)32,12-15-33-21(29)18(4)5)13-16-34-22(30)19(6)7/h20H,4,6,8-17H2,1-3,5,7H3,(H2,27,31)(H2,28,32). The summed E-state index contributed by atoms with van der Waals surface area (Å²) >= 11 is 0. The van der Waals surface area contributed by atoms with Crippen LogP contribution in [-0.4, -0.2) is 49.5 Å². The zero-order valence-corrected chi connectivity index (χ0v) is 22.5. The average molecular weight is 513 g/mol. The molecule has 0 heterocycles. The number of carbonyl (C=O) groups excluding carboxylic acids is 4.